The first kappa shape index (κ1) is 26.3. The number of aromatic nitrogens is 3. The van der Waals surface area contributed by atoms with Gasteiger partial charge in [0.2, 0.25) is 0 Å². The smallest absolute Gasteiger partial charge is 0.413 e. The van der Waals surface area contributed by atoms with Crippen molar-refractivity contribution >= 4 is 29.4 Å². The predicted octanol–water partition coefficient (Wildman–Crippen LogP) is 4.80. The molecule has 1 atom stereocenters. The first-order valence-corrected chi connectivity index (χ1v) is 12.5. The number of nitrogens with one attached hydrogen (secondary N) is 2. The van der Waals surface area contributed by atoms with Gasteiger partial charge in [0, 0.05) is 5.56 Å². The van der Waals surface area contributed by atoms with Gasteiger partial charge in [0.15, 0.2) is 10.7 Å². The van der Waals surface area contributed by atoms with Gasteiger partial charge in [-0.1, -0.05) is 75.4 Å². The van der Waals surface area contributed by atoms with Crippen LogP contribution in [0.4, 0.5) is 4.79 Å². The molecule has 0 bridgehead atoms. The standard InChI is InChI=1S/C27H31N5O4S/c1-26(2,3)17-27(23(33)34,30-24(37)29-25(35)36-16-18-7-5-4-6-8-18)20-11-9-19(10-12-20)22-15-28-32(31-22)21-13-14-21/h4-12,15,21H,13-14,16-17H2,1-3H3,(H,33,34)(H2,29,30,35,37). The van der Waals surface area contributed by atoms with E-state index in [1.807, 2.05) is 63.2 Å². The summed E-state index contributed by atoms with van der Waals surface area (Å²) in [5, 5.41) is 24.5. The summed E-state index contributed by atoms with van der Waals surface area (Å²) in [4.78, 5) is 26.8. The van der Waals surface area contributed by atoms with Crippen LogP contribution in [0.2, 0.25) is 0 Å². The zero-order valence-electron chi connectivity index (χ0n) is 21.1. The van der Waals surface area contributed by atoms with Crippen LogP contribution >= 0.6 is 12.2 Å². The lowest BCUT2D eigenvalue weighted by Gasteiger charge is -2.37. The molecule has 4 rings (SSSR count). The van der Waals surface area contributed by atoms with Gasteiger partial charge >= 0.3 is 12.1 Å². The molecule has 37 heavy (non-hydrogen) atoms. The average molecular weight is 522 g/mol. The fourth-order valence-electron chi connectivity index (χ4n) is 4.16. The second kappa shape index (κ2) is 10.7. The summed E-state index contributed by atoms with van der Waals surface area (Å²) in [6.45, 7) is 5.90. The summed E-state index contributed by atoms with van der Waals surface area (Å²) in [5.41, 5.74) is 0.890. The van der Waals surface area contributed by atoms with Gasteiger partial charge < -0.3 is 15.2 Å². The van der Waals surface area contributed by atoms with E-state index >= 15 is 0 Å². The van der Waals surface area contributed by atoms with Crippen molar-refractivity contribution in [2.24, 2.45) is 5.41 Å². The van der Waals surface area contributed by atoms with E-state index in [-0.39, 0.29) is 23.6 Å². The van der Waals surface area contributed by atoms with Crippen molar-refractivity contribution in [3.05, 3.63) is 71.9 Å². The number of alkyl carbamates (subject to hydrolysis) is 1. The molecule has 1 aromatic heterocycles. The lowest BCUT2D eigenvalue weighted by molar-refractivity contribution is -0.146. The molecule has 1 unspecified atom stereocenters. The molecule has 1 saturated carbocycles. The molecule has 3 aromatic rings. The number of amides is 1. The zero-order chi connectivity index (χ0) is 26.6. The van der Waals surface area contributed by atoms with E-state index in [9.17, 15) is 14.7 Å². The van der Waals surface area contributed by atoms with Crippen molar-refractivity contribution < 1.29 is 19.4 Å². The monoisotopic (exact) mass is 521 g/mol. The van der Waals surface area contributed by atoms with Crippen LogP contribution in [-0.2, 0) is 21.7 Å². The van der Waals surface area contributed by atoms with Gasteiger partial charge in [-0.05, 0) is 48.0 Å². The Labute approximate surface area is 221 Å². The first-order chi connectivity index (χ1) is 17.6. The van der Waals surface area contributed by atoms with Crippen molar-refractivity contribution in [3.63, 3.8) is 0 Å². The number of nitrogens with zero attached hydrogens (tertiary/aromatic N) is 3. The maximum absolute atomic E-state index is 12.8. The molecule has 0 saturated heterocycles. The Morgan fingerprint density at radius 1 is 1.11 bits per heavy atom. The molecule has 1 aliphatic rings. The number of aliphatic carboxylic acids is 1. The van der Waals surface area contributed by atoms with Crippen molar-refractivity contribution in [3.8, 4) is 11.3 Å². The minimum absolute atomic E-state index is 0.0637. The third-order valence-corrected chi connectivity index (χ3v) is 6.18. The highest BCUT2D eigenvalue weighted by molar-refractivity contribution is 7.80. The average Bonchev–Trinajstić information content (AvgIpc) is 3.58. The van der Waals surface area contributed by atoms with E-state index in [4.69, 9.17) is 17.0 Å². The molecule has 1 aliphatic carbocycles. The van der Waals surface area contributed by atoms with E-state index in [1.54, 1.807) is 23.1 Å². The molecule has 10 heteroatoms. The van der Waals surface area contributed by atoms with Crippen LogP contribution < -0.4 is 10.6 Å². The number of carbonyl (C=O) groups is 2. The third-order valence-electron chi connectivity index (χ3n) is 5.97. The highest BCUT2D eigenvalue weighted by atomic mass is 32.1. The summed E-state index contributed by atoms with van der Waals surface area (Å²) >= 11 is 5.35. The van der Waals surface area contributed by atoms with Crippen LogP contribution in [0, 0.1) is 5.41 Å². The van der Waals surface area contributed by atoms with Gasteiger partial charge in [0.05, 0.1) is 12.2 Å². The summed E-state index contributed by atoms with van der Waals surface area (Å²) in [6, 6.07) is 16.7. The number of thiocarbonyl (C=S) groups is 1. The lowest BCUT2D eigenvalue weighted by atomic mass is 9.75. The number of carboxylic acids is 1. The molecule has 0 spiro atoms. The molecule has 1 fully saturated rings. The molecule has 0 aliphatic heterocycles. The van der Waals surface area contributed by atoms with Crippen LogP contribution in [0.25, 0.3) is 11.3 Å². The predicted molar refractivity (Wildman–Crippen MR) is 143 cm³/mol. The number of carboxylic acid groups (broad SMARTS) is 1. The first-order valence-electron chi connectivity index (χ1n) is 12.1. The van der Waals surface area contributed by atoms with Crippen LogP contribution in [0.3, 0.4) is 0 Å². The Bertz CT molecular complexity index is 1270. The van der Waals surface area contributed by atoms with E-state index < -0.39 is 17.6 Å². The van der Waals surface area contributed by atoms with Crippen LogP contribution in [0.1, 0.15) is 57.2 Å². The number of benzene rings is 2. The fraction of sp³-hybridized carbons (Fsp3) is 0.370. The van der Waals surface area contributed by atoms with Gasteiger partial charge in [-0.15, -0.1) is 0 Å². The van der Waals surface area contributed by atoms with E-state index in [2.05, 4.69) is 20.8 Å². The van der Waals surface area contributed by atoms with Crippen molar-refractivity contribution in [1.82, 2.24) is 25.6 Å². The molecular weight excluding hydrogens is 490 g/mol. The highest BCUT2D eigenvalue weighted by Gasteiger charge is 2.44. The summed E-state index contributed by atoms with van der Waals surface area (Å²) in [7, 11) is 0. The van der Waals surface area contributed by atoms with Crippen LogP contribution in [0.15, 0.2) is 60.8 Å². The second-order valence-electron chi connectivity index (χ2n) is 10.4. The van der Waals surface area contributed by atoms with E-state index in [1.165, 1.54) is 0 Å². The molecule has 2 aromatic carbocycles. The topological polar surface area (TPSA) is 118 Å². The number of rotatable bonds is 8. The van der Waals surface area contributed by atoms with Crippen molar-refractivity contribution in [1.29, 1.82) is 0 Å². The second-order valence-corrected chi connectivity index (χ2v) is 10.9. The quantitative estimate of drug-likeness (QED) is 0.362. The fourth-order valence-corrected chi connectivity index (χ4v) is 4.42. The van der Waals surface area contributed by atoms with E-state index in [0.717, 1.165) is 29.7 Å². The summed E-state index contributed by atoms with van der Waals surface area (Å²) < 4.78 is 5.23. The molecule has 1 amide bonds. The largest absolute Gasteiger partial charge is 0.479 e. The zero-order valence-corrected chi connectivity index (χ0v) is 21.9. The molecule has 0 radical (unpaired) electrons. The van der Waals surface area contributed by atoms with E-state index in [0.29, 0.717) is 11.6 Å². The van der Waals surface area contributed by atoms with Gasteiger partial charge in [-0.2, -0.15) is 15.0 Å². The third kappa shape index (κ3) is 6.71. The molecule has 9 nitrogen and oxygen atoms in total. The Kier molecular flexibility index (Phi) is 7.58. The SMILES string of the molecule is CC(C)(C)CC(NC(=S)NC(=O)OCc1ccccc1)(C(=O)O)c1ccc(-c2cnn(C3CC3)n2)cc1. The summed E-state index contributed by atoms with van der Waals surface area (Å²) in [6.07, 6.45) is 3.31. The number of hydrogen-bond acceptors (Lipinski definition) is 6. The van der Waals surface area contributed by atoms with Crippen LogP contribution in [0.5, 0.6) is 0 Å². The van der Waals surface area contributed by atoms with Crippen molar-refractivity contribution in [2.45, 2.75) is 58.2 Å². The minimum Gasteiger partial charge on any atom is -0.479 e. The molecule has 3 N–H and O–H groups in total. The Balaban J connectivity index is 1.52. The Morgan fingerprint density at radius 3 is 2.38 bits per heavy atom. The van der Waals surface area contributed by atoms with Gasteiger partial charge in [-0.3, -0.25) is 5.32 Å². The van der Waals surface area contributed by atoms with Crippen LogP contribution in [-0.4, -0.2) is 37.3 Å². The Morgan fingerprint density at radius 2 is 1.78 bits per heavy atom. The Hall–Kier alpha value is -3.79. The normalized spacial score (nSPS) is 14.9. The molecule has 194 valence electrons. The number of hydrogen-bond donors (Lipinski definition) is 3. The van der Waals surface area contributed by atoms with Gasteiger partial charge in [0.1, 0.15) is 12.3 Å². The molecule has 1 heterocycles. The number of carbonyl (C=O) groups excluding carboxylic acids is 1. The minimum atomic E-state index is -1.59. The van der Waals surface area contributed by atoms with Crippen molar-refractivity contribution in [2.75, 3.05) is 0 Å². The maximum atomic E-state index is 12.8. The summed E-state index contributed by atoms with van der Waals surface area (Å²) in [5.74, 6) is -1.11. The van der Waals surface area contributed by atoms with Gasteiger partial charge in [0.25, 0.3) is 0 Å². The lowest BCUT2D eigenvalue weighted by Crippen LogP contribution is -2.57. The maximum Gasteiger partial charge on any atom is 0.413 e. The number of ether oxygens (including phenoxy) is 1. The highest BCUT2D eigenvalue weighted by Crippen LogP contribution is 2.37. The molecular formula is C27H31N5O4S. The van der Waals surface area contributed by atoms with Gasteiger partial charge in [-0.25, -0.2) is 9.59 Å².